The molecule has 0 amide bonds. The number of aliphatic hydroxyl groups excluding tert-OH is 1. The lowest BCUT2D eigenvalue weighted by atomic mass is 10.2. The van der Waals surface area contributed by atoms with E-state index >= 15 is 0 Å². The lowest BCUT2D eigenvalue weighted by Crippen LogP contribution is -1.99. The van der Waals surface area contributed by atoms with Crippen molar-refractivity contribution in [1.29, 1.82) is 0 Å². The fourth-order valence-corrected chi connectivity index (χ4v) is 1.80. The molecular weight excluding hydrogens is 274 g/mol. The van der Waals surface area contributed by atoms with Gasteiger partial charge in [-0.3, -0.25) is 0 Å². The van der Waals surface area contributed by atoms with E-state index in [4.69, 9.17) is 21.4 Å². The summed E-state index contributed by atoms with van der Waals surface area (Å²) in [6, 6.07) is 8.30. The van der Waals surface area contributed by atoms with Gasteiger partial charge in [-0.2, -0.15) is 0 Å². The number of rotatable bonds is 4. The summed E-state index contributed by atoms with van der Waals surface area (Å²) in [5.74, 6) is -0.783. The number of benzene rings is 2. The van der Waals surface area contributed by atoms with E-state index in [1.54, 1.807) is 6.07 Å². The highest BCUT2D eigenvalue weighted by Gasteiger charge is 2.07. The predicted octanol–water partition coefficient (Wildman–Crippen LogP) is 3.69. The first-order valence-electron chi connectivity index (χ1n) is 5.56. The van der Waals surface area contributed by atoms with Crippen LogP contribution in [0.25, 0.3) is 0 Å². The van der Waals surface area contributed by atoms with E-state index < -0.39 is 11.6 Å². The molecule has 2 aromatic rings. The maximum absolute atomic E-state index is 13.2. The van der Waals surface area contributed by atoms with Crippen molar-refractivity contribution in [2.24, 2.45) is 0 Å². The highest BCUT2D eigenvalue weighted by molar-refractivity contribution is 6.31. The van der Waals surface area contributed by atoms with Crippen molar-refractivity contribution in [3.63, 3.8) is 0 Å². The molecule has 0 fully saturated rings. The molecule has 0 aliphatic heterocycles. The molecule has 0 saturated heterocycles. The Balaban J connectivity index is 2.14. The summed E-state index contributed by atoms with van der Waals surface area (Å²) in [5, 5.41) is 8.95. The van der Waals surface area contributed by atoms with Crippen molar-refractivity contribution < 1.29 is 18.6 Å². The Bertz CT molecular complexity index is 588. The minimum atomic E-state index is -0.530. The van der Waals surface area contributed by atoms with Crippen molar-refractivity contribution >= 4 is 11.6 Å². The molecule has 0 bridgehead atoms. The second kappa shape index (κ2) is 5.99. The van der Waals surface area contributed by atoms with Gasteiger partial charge in [-0.25, -0.2) is 8.78 Å². The summed E-state index contributed by atoms with van der Waals surface area (Å²) in [6.45, 7) is -0.264. The molecule has 0 heterocycles. The van der Waals surface area contributed by atoms with E-state index in [0.717, 1.165) is 0 Å². The first kappa shape index (κ1) is 13.8. The van der Waals surface area contributed by atoms with Crippen molar-refractivity contribution in [2.45, 2.75) is 13.2 Å². The third-order valence-corrected chi connectivity index (χ3v) is 2.96. The Hall–Kier alpha value is -1.65. The largest absolute Gasteiger partial charge is 0.489 e. The SMILES string of the molecule is OCc1cc(F)cc(OCc2cccc(F)c2Cl)c1. The fraction of sp³-hybridized carbons (Fsp3) is 0.143. The second-order valence-electron chi connectivity index (χ2n) is 3.95. The van der Waals surface area contributed by atoms with Crippen LogP contribution in [0.4, 0.5) is 8.78 Å². The van der Waals surface area contributed by atoms with Crippen LogP contribution >= 0.6 is 11.6 Å². The fourth-order valence-electron chi connectivity index (χ4n) is 1.62. The molecule has 19 heavy (non-hydrogen) atoms. The molecule has 0 aliphatic carbocycles. The van der Waals surface area contributed by atoms with Crippen molar-refractivity contribution in [1.82, 2.24) is 0 Å². The molecular formula is C14H11ClF2O2. The minimum absolute atomic E-state index is 0.0127. The van der Waals surface area contributed by atoms with Crippen LogP contribution < -0.4 is 4.74 Å². The molecule has 2 rings (SSSR count). The normalized spacial score (nSPS) is 10.5. The Morgan fingerprint density at radius 3 is 2.68 bits per heavy atom. The Morgan fingerprint density at radius 1 is 1.16 bits per heavy atom. The van der Waals surface area contributed by atoms with E-state index in [-0.39, 0.29) is 24.0 Å². The summed E-state index contributed by atoms with van der Waals surface area (Å²) in [5.41, 5.74) is 0.872. The minimum Gasteiger partial charge on any atom is -0.489 e. The van der Waals surface area contributed by atoms with Crippen LogP contribution in [0.3, 0.4) is 0 Å². The molecule has 0 atom stereocenters. The molecule has 1 N–H and O–H groups in total. The molecule has 0 saturated carbocycles. The van der Waals surface area contributed by atoms with E-state index in [1.165, 1.54) is 30.3 Å². The topological polar surface area (TPSA) is 29.5 Å². The summed E-state index contributed by atoms with van der Waals surface area (Å²) < 4.78 is 31.8. The quantitative estimate of drug-likeness (QED) is 0.928. The Morgan fingerprint density at radius 2 is 1.95 bits per heavy atom. The molecule has 100 valence electrons. The number of ether oxygens (including phenoxy) is 1. The summed E-state index contributed by atoms with van der Waals surface area (Å²) in [7, 11) is 0. The van der Waals surface area contributed by atoms with Gasteiger partial charge in [0.2, 0.25) is 0 Å². The van der Waals surface area contributed by atoms with Crippen LogP contribution in [-0.2, 0) is 13.2 Å². The number of halogens is 3. The van der Waals surface area contributed by atoms with Gasteiger partial charge in [0.05, 0.1) is 11.6 Å². The monoisotopic (exact) mass is 284 g/mol. The molecule has 0 aromatic heterocycles. The van der Waals surface area contributed by atoms with Gasteiger partial charge in [-0.1, -0.05) is 23.7 Å². The highest BCUT2D eigenvalue weighted by atomic mass is 35.5. The van der Waals surface area contributed by atoms with E-state index in [9.17, 15) is 8.78 Å². The lowest BCUT2D eigenvalue weighted by Gasteiger charge is -2.09. The van der Waals surface area contributed by atoms with Crippen LogP contribution in [0.5, 0.6) is 5.75 Å². The number of hydrogen-bond acceptors (Lipinski definition) is 2. The van der Waals surface area contributed by atoms with Crippen LogP contribution in [-0.4, -0.2) is 5.11 Å². The maximum Gasteiger partial charge on any atom is 0.142 e. The van der Waals surface area contributed by atoms with E-state index in [2.05, 4.69) is 0 Å². The van der Waals surface area contributed by atoms with Gasteiger partial charge in [-0.15, -0.1) is 0 Å². The van der Waals surface area contributed by atoms with Crippen molar-refractivity contribution in [2.75, 3.05) is 0 Å². The average Bonchev–Trinajstić information content (AvgIpc) is 2.40. The van der Waals surface area contributed by atoms with E-state index in [1.807, 2.05) is 0 Å². The molecule has 5 heteroatoms. The molecule has 0 radical (unpaired) electrons. The standard InChI is InChI=1S/C14H11ClF2O2/c15-14-10(2-1-3-13(14)17)8-19-12-5-9(7-18)4-11(16)6-12/h1-6,18H,7-8H2. The third-order valence-electron chi connectivity index (χ3n) is 2.54. The van der Waals surface area contributed by atoms with Crippen LogP contribution in [0.1, 0.15) is 11.1 Å². The summed E-state index contributed by atoms with van der Waals surface area (Å²) >= 11 is 5.78. The summed E-state index contributed by atoms with van der Waals surface area (Å²) in [6.07, 6.45) is 0. The predicted molar refractivity (Wildman–Crippen MR) is 68.1 cm³/mol. The first-order chi connectivity index (χ1) is 9.10. The molecule has 0 aliphatic rings. The van der Waals surface area contributed by atoms with Crippen LogP contribution in [0, 0.1) is 11.6 Å². The maximum atomic E-state index is 13.2. The van der Waals surface area contributed by atoms with Gasteiger partial charge < -0.3 is 9.84 Å². The van der Waals surface area contributed by atoms with Gasteiger partial charge in [0, 0.05) is 11.6 Å². The average molecular weight is 285 g/mol. The molecule has 2 nitrogen and oxygen atoms in total. The summed E-state index contributed by atoms with van der Waals surface area (Å²) in [4.78, 5) is 0. The molecule has 0 spiro atoms. The third kappa shape index (κ3) is 3.43. The highest BCUT2D eigenvalue weighted by Crippen LogP contribution is 2.23. The van der Waals surface area contributed by atoms with Gasteiger partial charge in [0.15, 0.2) is 0 Å². The zero-order valence-corrected chi connectivity index (χ0v) is 10.6. The van der Waals surface area contributed by atoms with Crippen LogP contribution in [0.2, 0.25) is 5.02 Å². The lowest BCUT2D eigenvalue weighted by molar-refractivity contribution is 0.276. The van der Waals surface area contributed by atoms with Gasteiger partial charge in [0.1, 0.15) is 24.0 Å². The van der Waals surface area contributed by atoms with E-state index in [0.29, 0.717) is 11.1 Å². The van der Waals surface area contributed by atoms with Crippen molar-refractivity contribution in [3.8, 4) is 5.75 Å². The molecule has 0 unspecified atom stereocenters. The second-order valence-corrected chi connectivity index (χ2v) is 4.33. The Labute approximate surface area is 114 Å². The van der Waals surface area contributed by atoms with Gasteiger partial charge in [-0.05, 0) is 23.8 Å². The smallest absolute Gasteiger partial charge is 0.142 e. The van der Waals surface area contributed by atoms with Gasteiger partial charge >= 0.3 is 0 Å². The molecule has 2 aromatic carbocycles. The Kier molecular flexibility index (Phi) is 4.35. The zero-order chi connectivity index (χ0) is 13.8. The van der Waals surface area contributed by atoms with Crippen molar-refractivity contribution in [3.05, 3.63) is 64.2 Å². The zero-order valence-electron chi connectivity index (χ0n) is 9.87. The van der Waals surface area contributed by atoms with Gasteiger partial charge in [0.25, 0.3) is 0 Å². The van der Waals surface area contributed by atoms with Crippen LogP contribution in [0.15, 0.2) is 36.4 Å². The number of hydrogen-bond donors (Lipinski definition) is 1. The first-order valence-corrected chi connectivity index (χ1v) is 5.94. The number of aliphatic hydroxyl groups is 1.